The van der Waals surface area contributed by atoms with Crippen LogP contribution < -0.4 is 5.73 Å². The van der Waals surface area contributed by atoms with Crippen LogP contribution in [0, 0.1) is 0 Å². The predicted molar refractivity (Wildman–Crippen MR) is 58.3 cm³/mol. The Balaban J connectivity index is 2.35. The molecule has 1 aromatic rings. The van der Waals surface area contributed by atoms with E-state index in [1.165, 1.54) is 5.56 Å². The second-order valence-corrected chi connectivity index (χ2v) is 4.84. The average Bonchev–Trinajstić information content (AvgIpc) is 2.19. The molecule has 2 N–H and O–H groups in total. The zero-order chi connectivity index (χ0) is 9.52. The van der Waals surface area contributed by atoms with Crippen LogP contribution in [0.4, 0.5) is 0 Å². The van der Waals surface area contributed by atoms with E-state index in [-0.39, 0.29) is 15.8 Å². The van der Waals surface area contributed by atoms with Crippen molar-refractivity contribution in [1.82, 2.24) is 0 Å². The Hall–Kier alpha value is -0.643. The van der Waals surface area contributed by atoms with Gasteiger partial charge in [0.2, 0.25) is 0 Å². The van der Waals surface area contributed by atoms with Crippen LogP contribution in [-0.4, -0.2) is 16.9 Å². The van der Waals surface area contributed by atoms with Crippen LogP contribution in [0.5, 0.6) is 0 Å². The van der Waals surface area contributed by atoms with E-state index in [1.807, 2.05) is 18.2 Å². The van der Waals surface area contributed by atoms with Crippen molar-refractivity contribution in [1.29, 1.82) is 0 Å². The van der Waals surface area contributed by atoms with Crippen molar-refractivity contribution in [3.63, 3.8) is 0 Å². The molecule has 1 rings (SSSR count). The highest BCUT2D eigenvalue weighted by Crippen LogP contribution is 2.14. The first-order chi connectivity index (χ1) is 6.34. The van der Waals surface area contributed by atoms with Gasteiger partial charge in [0.1, 0.15) is 0 Å². The quantitative estimate of drug-likeness (QED) is 0.566. The number of nitrogens with two attached hydrogens (primary N) is 1. The molecule has 1 aromatic carbocycles. The fourth-order valence-corrected chi connectivity index (χ4v) is 2.21. The monoisotopic (exact) mass is 195 g/mol. The zero-order valence-corrected chi connectivity index (χ0v) is 9.49. The van der Waals surface area contributed by atoms with Crippen LogP contribution in [0.25, 0.3) is 0 Å². The molecule has 0 radical (unpaired) electrons. The van der Waals surface area contributed by atoms with Crippen molar-refractivity contribution in [2.75, 3.05) is 7.11 Å². The molecule has 3 heteroatoms. The van der Waals surface area contributed by atoms with Crippen LogP contribution in [0.15, 0.2) is 30.3 Å². The van der Waals surface area contributed by atoms with E-state index in [1.54, 1.807) is 7.11 Å². The Labute approximate surface area is 82.0 Å². The van der Waals surface area contributed by atoms with Crippen LogP contribution in [0.1, 0.15) is 18.0 Å². The first kappa shape index (κ1) is 10.4. The molecule has 0 heterocycles. The summed E-state index contributed by atoms with van der Waals surface area (Å²) in [5.41, 5.74) is 7.23. The van der Waals surface area contributed by atoms with E-state index in [9.17, 15) is 0 Å². The number of hydrogen-bond acceptors (Lipinski definition) is 2. The van der Waals surface area contributed by atoms with Gasteiger partial charge in [0.25, 0.3) is 0 Å². The topological polar surface area (TPSA) is 35.2 Å². The minimum atomic E-state index is -0.306. The minimum absolute atomic E-state index is 0.184. The average molecular weight is 195 g/mol. The Kier molecular flexibility index (Phi) is 4.75. The molecule has 0 fully saturated rings. The smallest absolute Gasteiger partial charge is 0.161 e. The molecule has 0 saturated heterocycles. The van der Waals surface area contributed by atoms with Crippen molar-refractivity contribution in [3.8, 4) is 0 Å². The summed E-state index contributed by atoms with van der Waals surface area (Å²) < 4.78 is 5.11. The molecule has 0 aliphatic heterocycles. The lowest BCUT2D eigenvalue weighted by Gasteiger charge is -2.10. The molecular formula is C10H17NOSi. The lowest BCUT2D eigenvalue weighted by molar-refractivity contribution is 0.437. The van der Waals surface area contributed by atoms with Gasteiger partial charge in [-0.3, -0.25) is 0 Å². The van der Waals surface area contributed by atoms with Crippen molar-refractivity contribution in [2.45, 2.75) is 18.5 Å². The summed E-state index contributed by atoms with van der Waals surface area (Å²) in [6.07, 6.45) is 1.05. The summed E-state index contributed by atoms with van der Waals surface area (Å²) in [7, 11) is 1.47. The number of hydrogen-bond donors (Lipinski definition) is 1. The third-order valence-corrected chi connectivity index (χ3v) is 3.20. The van der Waals surface area contributed by atoms with Gasteiger partial charge in [0, 0.05) is 13.2 Å². The molecule has 0 aliphatic carbocycles. The molecule has 0 aromatic heterocycles. The fraction of sp³-hybridized carbons (Fsp3) is 0.400. The molecule has 0 aliphatic rings. The zero-order valence-electron chi connectivity index (χ0n) is 8.07. The highest BCUT2D eigenvalue weighted by Gasteiger charge is 2.03. The van der Waals surface area contributed by atoms with Crippen LogP contribution in [0.2, 0.25) is 6.04 Å². The van der Waals surface area contributed by atoms with Gasteiger partial charge in [0.05, 0.1) is 0 Å². The molecule has 0 spiro atoms. The van der Waals surface area contributed by atoms with E-state index in [4.69, 9.17) is 10.2 Å². The van der Waals surface area contributed by atoms with Crippen LogP contribution in [0.3, 0.4) is 0 Å². The summed E-state index contributed by atoms with van der Waals surface area (Å²) >= 11 is 0. The van der Waals surface area contributed by atoms with E-state index in [0.717, 1.165) is 12.5 Å². The Morgan fingerprint density at radius 3 is 2.69 bits per heavy atom. The molecule has 72 valence electrons. The van der Waals surface area contributed by atoms with Gasteiger partial charge in [-0.05, 0) is 18.0 Å². The molecule has 0 bridgehead atoms. The SMILES string of the molecule is CO[SiH2]CCC(N)c1ccccc1. The van der Waals surface area contributed by atoms with E-state index < -0.39 is 0 Å². The molecule has 13 heavy (non-hydrogen) atoms. The maximum absolute atomic E-state index is 6.00. The Morgan fingerprint density at radius 1 is 1.38 bits per heavy atom. The Morgan fingerprint density at radius 2 is 2.08 bits per heavy atom. The predicted octanol–water partition coefficient (Wildman–Crippen LogP) is 1.22. The van der Waals surface area contributed by atoms with Gasteiger partial charge in [-0.1, -0.05) is 30.3 Å². The Bertz CT molecular complexity index is 228. The van der Waals surface area contributed by atoms with Gasteiger partial charge in [0.15, 0.2) is 9.76 Å². The molecule has 0 saturated carbocycles. The van der Waals surface area contributed by atoms with Crippen molar-refractivity contribution < 1.29 is 4.43 Å². The van der Waals surface area contributed by atoms with E-state index in [2.05, 4.69) is 12.1 Å². The summed E-state index contributed by atoms with van der Waals surface area (Å²) in [6.45, 7) is 0. The summed E-state index contributed by atoms with van der Waals surface area (Å²) in [4.78, 5) is 0. The lowest BCUT2D eigenvalue weighted by atomic mass is 10.1. The molecule has 1 unspecified atom stereocenters. The molecule has 0 amide bonds. The molecular weight excluding hydrogens is 178 g/mol. The number of benzene rings is 1. The minimum Gasteiger partial charge on any atom is -0.427 e. The fourth-order valence-electron chi connectivity index (χ4n) is 1.31. The van der Waals surface area contributed by atoms with Crippen molar-refractivity contribution in [2.24, 2.45) is 5.73 Å². The lowest BCUT2D eigenvalue weighted by Crippen LogP contribution is -2.11. The highest BCUT2D eigenvalue weighted by molar-refractivity contribution is 6.26. The van der Waals surface area contributed by atoms with Crippen LogP contribution >= 0.6 is 0 Å². The van der Waals surface area contributed by atoms with E-state index in [0.29, 0.717) is 0 Å². The van der Waals surface area contributed by atoms with Crippen molar-refractivity contribution in [3.05, 3.63) is 35.9 Å². The van der Waals surface area contributed by atoms with Crippen LogP contribution in [-0.2, 0) is 4.43 Å². The van der Waals surface area contributed by atoms with Gasteiger partial charge in [-0.2, -0.15) is 0 Å². The standard InChI is InChI=1S/C10H17NOSi/c1-12-13-8-7-10(11)9-5-3-2-4-6-9/h2-6,10H,7-8,11,13H2,1H3. The third kappa shape index (κ3) is 3.72. The van der Waals surface area contributed by atoms with Gasteiger partial charge in [-0.15, -0.1) is 0 Å². The molecule has 1 atom stereocenters. The first-order valence-corrected chi connectivity index (χ1v) is 6.22. The number of rotatable bonds is 5. The van der Waals surface area contributed by atoms with Gasteiger partial charge >= 0.3 is 0 Å². The second-order valence-electron chi connectivity index (χ2n) is 3.15. The summed E-state index contributed by atoms with van der Waals surface area (Å²) in [6, 6.07) is 11.6. The normalized spacial score (nSPS) is 13.7. The third-order valence-electron chi connectivity index (χ3n) is 2.09. The maximum atomic E-state index is 6.00. The summed E-state index contributed by atoms with van der Waals surface area (Å²) in [5.74, 6) is 0. The maximum Gasteiger partial charge on any atom is 0.161 e. The largest absolute Gasteiger partial charge is 0.427 e. The first-order valence-electron chi connectivity index (χ1n) is 4.64. The summed E-state index contributed by atoms with van der Waals surface area (Å²) in [5, 5.41) is 0. The van der Waals surface area contributed by atoms with Crippen molar-refractivity contribution >= 4 is 9.76 Å². The van der Waals surface area contributed by atoms with Gasteiger partial charge < -0.3 is 10.2 Å². The highest BCUT2D eigenvalue weighted by atomic mass is 28.2. The molecule has 2 nitrogen and oxygen atoms in total. The second kappa shape index (κ2) is 5.91. The van der Waals surface area contributed by atoms with Gasteiger partial charge in [-0.25, -0.2) is 0 Å². The van der Waals surface area contributed by atoms with E-state index >= 15 is 0 Å².